The molecule has 1 aliphatic rings. The summed E-state index contributed by atoms with van der Waals surface area (Å²) in [6, 6.07) is 10.1. The second-order valence-electron chi connectivity index (χ2n) is 15.7. The largest absolute Gasteiger partial charge is 0.492 e. The lowest BCUT2D eigenvalue weighted by molar-refractivity contribution is -0.131. The molecule has 1 fully saturated rings. The molecule has 19 nitrogen and oxygen atoms in total. The van der Waals surface area contributed by atoms with Crippen LogP contribution in [0.25, 0.3) is 10.9 Å². The number of aromatic nitrogens is 1. The molecule has 0 spiro atoms. The summed E-state index contributed by atoms with van der Waals surface area (Å²) < 4.78 is 72.2. The fourth-order valence-electron chi connectivity index (χ4n) is 7.10. The summed E-state index contributed by atoms with van der Waals surface area (Å²) in [5.41, 5.74) is 0.853. The van der Waals surface area contributed by atoms with Gasteiger partial charge in [0.05, 0.1) is 49.7 Å². The standard InChI is InChI=1S/C44H56F3N9O10S/c1-3-5-6-21-55(20-4-2)28-40(59)51-18-17-50-38(57)14-13-37(54-39(58)23-30-7-9-32(10-8-30)66-67(47,63)64)43(62)52-19-22-65-33-11-12-36-35(24-33)34(15-16-49-36)42(61)53-27-41(60)56-29-44(45,46)25-31(56)26-48/h7-12,15-16,24,31,37H,3-6,13-14,17-23,25,27-29H2,1-2H3,(H,50,57)(H,51,59)(H,52,62)(H,53,61)(H,54,58). The molecule has 2 atom stereocenters. The Morgan fingerprint density at radius 1 is 0.910 bits per heavy atom. The summed E-state index contributed by atoms with van der Waals surface area (Å²) in [6.07, 6.45) is 4.05. The van der Waals surface area contributed by atoms with E-state index in [2.05, 4.69) is 47.6 Å². The van der Waals surface area contributed by atoms with Gasteiger partial charge in [-0.2, -0.15) is 13.7 Å². The van der Waals surface area contributed by atoms with Crippen molar-refractivity contribution in [2.24, 2.45) is 0 Å². The second kappa shape index (κ2) is 26.0. The van der Waals surface area contributed by atoms with Crippen LogP contribution in [0.4, 0.5) is 12.7 Å². The number of ether oxygens (including phenoxy) is 1. The van der Waals surface area contributed by atoms with Crippen LogP contribution < -0.4 is 35.5 Å². The Hall–Kier alpha value is -6.54. The lowest BCUT2D eigenvalue weighted by Gasteiger charge is -2.21. The predicted molar refractivity (Wildman–Crippen MR) is 238 cm³/mol. The molecule has 2 heterocycles. The number of hydrogen-bond acceptors (Lipinski definition) is 13. The molecule has 2 unspecified atom stereocenters. The second-order valence-corrected chi connectivity index (χ2v) is 16.7. The molecule has 1 aromatic heterocycles. The molecule has 67 heavy (non-hydrogen) atoms. The zero-order valence-electron chi connectivity index (χ0n) is 37.3. The number of nitrogens with one attached hydrogen (secondary N) is 5. The van der Waals surface area contributed by atoms with Crippen molar-refractivity contribution in [3.05, 3.63) is 65.9 Å². The maximum absolute atomic E-state index is 13.9. The third-order valence-electron chi connectivity index (χ3n) is 10.3. The van der Waals surface area contributed by atoms with Gasteiger partial charge in [0.15, 0.2) is 0 Å². The first-order valence-electron chi connectivity index (χ1n) is 21.8. The SMILES string of the molecule is CCCCCN(CCC)CC(=O)NCCNC(=O)CCC(NC(=O)Cc1ccc(OS(=O)(=O)F)cc1)C(=O)NCCOc1ccc2nccc(C(=O)NCC(=O)N3CC(F)(F)CC3C#N)c2c1. The highest BCUT2D eigenvalue weighted by Gasteiger charge is 2.47. The van der Waals surface area contributed by atoms with E-state index in [1.807, 2.05) is 6.92 Å². The molecule has 0 aliphatic carbocycles. The van der Waals surface area contributed by atoms with Gasteiger partial charge in [0.1, 0.15) is 30.2 Å². The molecule has 0 radical (unpaired) electrons. The minimum Gasteiger partial charge on any atom is -0.492 e. The van der Waals surface area contributed by atoms with Crippen molar-refractivity contribution in [2.75, 3.05) is 59.0 Å². The van der Waals surface area contributed by atoms with E-state index in [0.29, 0.717) is 16.5 Å². The first-order chi connectivity index (χ1) is 31.9. The monoisotopic (exact) mass is 959 g/mol. The van der Waals surface area contributed by atoms with Crippen LogP contribution in [-0.2, 0) is 40.9 Å². The van der Waals surface area contributed by atoms with Gasteiger partial charge in [-0.3, -0.25) is 38.7 Å². The number of pyridine rings is 1. The van der Waals surface area contributed by atoms with Crippen molar-refractivity contribution in [2.45, 2.75) is 83.2 Å². The summed E-state index contributed by atoms with van der Waals surface area (Å²) in [7, 11) is -5.26. The number of amides is 6. The number of benzene rings is 2. The first kappa shape index (κ1) is 53.1. The maximum Gasteiger partial charge on any atom is 0.488 e. The predicted octanol–water partition coefficient (Wildman–Crippen LogP) is 2.45. The number of carbonyl (C=O) groups excluding carboxylic acids is 6. The van der Waals surface area contributed by atoms with E-state index in [1.165, 1.54) is 30.5 Å². The highest BCUT2D eigenvalue weighted by Crippen LogP contribution is 2.31. The Morgan fingerprint density at radius 2 is 1.63 bits per heavy atom. The quantitative estimate of drug-likeness (QED) is 0.0545. The van der Waals surface area contributed by atoms with E-state index in [1.54, 1.807) is 18.2 Å². The van der Waals surface area contributed by atoms with Gasteiger partial charge < -0.3 is 40.4 Å². The zero-order chi connectivity index (χ0) is 49.0. The smallest absolute Gasteiger partial charge is 0.488 e. The molecular weight excluding hydrogens is 904 g/mol. The fraction of sp³-hybridized carbons (Fsp3) is 0.500. The minimum atomic E-state index is -5.26. The van der Waals surface area contributed by atoms with Crippen LogP contribution in [0.5, 0.6) is 11.5 Å². The Labute approximate surface area is 386 Å². The van der Waals surface area contributed by atoms with Crippen LogP contribution in [0, 0.1) is 11.3 Å². The number of halogens is 3. The topological polar surface area (TPSA) is 258 Å². The van der Waals surface area contributed by atoms with Gasteiger partial charge >= 0.3 is 10.5 Å². The van der Waals surface area contributed by atoms with Crippen LogP contribution in [0.15, 0.2) is 54.7 Å². The van der Waals surface area contributed by atoms with Crippen molar-refractivity contribution in [3.8, 4) is 17.6 Å². The summed E-state index contributed by atoms with van der Waals surface area (Å²) in [6.45, 7) is 4.58. The van der Waals surface area contributed by atoms with Crippen molar-refractivity contribution in [3.63, 3.8) is 0 Å². The Kier molecular flexibility index (Phi) is 20.6. The highest BCUT2D eigenvalue weighted by molar-refractivity contribution is 7.81. The Morgan fingerprint density at radius 3 is 2.31 bits per heavy atom. The number of carbonyl (C=O) groups is 6. The van der Waals surface area contributed by atoms with E-state index in [9.17, 15) is 55.1 Å². The molecule has 4 rings (SSSR count). The van der Waals surface area contributed by atoms with Crippen LogP contribution in [0.1, 0.15) is 74.7 Å². The van der Waals surface area contributed by atoms with Crippen molar-refractivity contribution >= 4 is 56.9 Å². The molecule has 5 N–H and O–H groups in total. The zero-order valence-corrected chi connectivity index (χ0v) is 38.1. The maximum atomic E-state index is 13.9. The first-order valence-corrected chi connectivity index (χ1v) is 23.1. The normalized spacial score (nSPS) is 14.7. The molecule has 3 aromatic rings. The summed E-state index contributed by atoms with van der Waals surface area (Å²) in [5.74, 6) is -6.71. The van der Waals surface area contributed by atoms with Gasteiger partial charge in [-0.25, -0.2) is 8.78 Å². The van der Waals surface area contributed by atoms with Crippen molar-refractivity contribution in [1.29, 1.82) is 5.26 Å². The minimum absolute atomic E-state index is 0.0793. The average Bonchev–Trinajstić information content (AvgIpc) is 3.61. The molecule has 0 bridgehead atoms. The molecule has 364 valence electrons. The number of rotatable bonds is 27. The van der Waals surface area contributed by atoms with Crippen LogP contribution in [-0.4, -0.2) is 136 Å². The molecule has 1 saturated heterocycles. The summed E-state index contributed by atoms with van der Waals surface area (Å²) in [4.78, 5) is 84.7. The van der Waals surface area contributed by atoms with Crippen molar-refractivity contribution in [1.82, 2.24) is 41.4 Å². The van der Waals surface area contributed by atoms with Gasteiger partial charge in [-0.1, -0.05) is 42.7 Å². The van der Waals surface area contributed by atoms with Gasteiger partial charge in [0.25, 0.3) is 11.8 Å². The number of alkyl halides is 2. The third-order valence-corrected chi connectivity index (χ3v) is 10.7. The number of unbranched alkanes of at least 4 members (excludes halogenated alkanes) is 2. The Balaban J connectivity index is 1.32. The van der Waals surface area contributed by atoms with Crippen LogP contribution >= 0.6 is 0 Å². The average molecular weight is 960 g/mol. The lowest BCUT2D eigenvalue weighted by Crippen LogP contribution is -2.48. The number of nitrogens with zero attached hydrogens (tertiary/aromatic N) is 4. The van der Waals surface area contributed by atoms with Gasteiger partial charge in [0, 0.05) is 37.5 Å². The molecule has 6 amide bonds. The lowest BCUT2D eigenvalue weighted by atomic mass is 10.1. The third kappa shape index (κ3) is 18.3. The van der Waals surface area contributed by atoms with E-state index >= 15 is 0 Å². The van der Waals surface area contributed by atoms with Crippen LogP contribution in [0.3, 0.4) is 0 Å². The highest BCUT2D eigenvalue weighted by atomic mass is 32.3. The van der Waals surface area contributed by atoms with Gasteiger partial charge in [0.2, 0.25) is 29.5 Å². The molecule has 2 aromatic carbocycles. The number of likely N-dealkylation sites (tertiary alicyclic amines) is 1. The van der Waals surface area contributed by atoms with Crippen molar-refractivity contribution < 1.29 is 58.8 Å². The van der Waals surface area contributed by atoms with E-state index in [4.69, 9.17) is 4.74 Å². The molecular formula is C44H56F3N9O10S. The van der Waals surface area contributed by atoms with Gasteiger partial charge in [-0.15, -0.1) is 0 Å². The van der Waals surface area contributed by atoms with E-state index in [-0.39, 0.29) is 75.0 Å². The summed E-state index contributed by atoms with van der Waals surface area (Å²) >= 11 is 0. The van der Waals surface area contributed by atoms with E-state index < -0.39 is 77.6 Å². The molecule has 23 heteroatoms. The molecule has 1 aliphatic heterocycles. The fourth-order valence-corrected chi connectivity index (χ4v) is 7.44. The van der Waals surface area contributed by atoms with Gasteiger partial charge in [-0.05, 0) is 74.3 Å². The number of fused-ring (bicyclic) bond motifs is 1. The van der Waals surface area contributed by atoms with Crippen LogP contribution in [0.2, 0.25) is 0 Å². The molecule has 0 saturated carbocycles. The number of hydrogen-bond donors (Lipinski definition) is 5. The van der Waals surface area contributed by atoms with E-state index in [0.717, 1.165) is 55.8 Å². The number of nitriles is 1. The summed E-state index contributed by atoms with van der Waals surface area (Å²) in [5, 5.41) is 22.7. The Bertz CT molecular complexity index is 2350.